The second kappa shape index (κ2) is 7.94. The molecule has 29 heavy (non-hydrogen) atoms. The number of ketones is 1. The zero-order valence-corrected chi connectivity index (χ0v) is 16.3. The van der Waals surface area contributed by atoms with Gasteiger partial charge in [0.15, 0.2) is 11.1 Å². The Hall–Kier alpha value is -3.37. The molecule has 0 aromatic heterocycles. The van der Waals surface area contributed by atoms with E-state index in [2.05, 4.69) is 0 Å². The molecule has 3 aromatic rings. The van der Waals surface area contributed by atoms with Gasteiger partial charge in [-0.1, -0.05) is 60.7 Å². The van der Waals surface area contributed by atoms with Gasteiger partial charge in [-0.05, 0) is 35.8 Å². The van der Waals surface area contributed by atoms with Crippen LogP contribution in [0.2, 0.25) is 0 Å². The van der Waals surface area contributed by atoms with Crippen LogP contribution in [0.3, 0.4) is 0 Å². The number of esters is 1. The highest BCUT2D eigenvalue weighted by Gasteiger charge is 2.30. The van der Waals surface area contributed by atoms with E-state index >= 15 is 0 Å². The van der Waals surface area contributed by atoms with Crippen molar-refractivity contribution in [3.05, 3.63) is 101 Å². The molecule has 5 heteroatoms. The van der Waals surface area contributed by atoms with Crippen molar-refractivity contribution >= 4 is 29.4 Å². The lowest BCUT2D eigenvalue weighted by Crippen LogP contribution is -2.14. The number of Topliss-reactive ketones (excluding diaryl/α,β-unsaturated/α-hetero) is 1. The number of alkyl halides is 1. The maximum Gasteiger partial charge on any atom is 0.334 e. The second-order valence-corrected chi connectivity index (χ2v) is 7.09. The van der Waals surface area contributed by atoms with E-state index in [-0.39, 0.29) is 17.3 Å². The third-order valence-corrected chi connectivity index (χ3v) is 4.99. The number of benzene rings is 3. The van der Waals surface area contributed by atoms with E-state index in [0.717, 1.165) is 5.56 Å². The largest absolute Gasteiger partial charge is 0.452 e. The molecule has 144 valence electrons. The zero-order valence-electron chi connectivity index (χ0n) is 15.6. The average molecular weight is 405 g/mol. The fraction of sp³-hybridized carbons (Fsp3) is 0.0833. The first-order valence-electron chi connectivity index (χ1n) is 9.07. The molecule has 3 aromatic carbocycles. The lowest BCUT2D eigenvalue weighted by molar-refractivity contribution is -0.134. The first kappa shape index (κ1) is 19.0. The summed E-state index contributed by atoms with van der Waals surface area (Å²) in [5.74, 6) is 0.0880. The standard InChI is InChI=1S/C24H17ClO4/c1-15-12-18(28-24(27)22(25)17-10-6-3-7-11-17)14-19-21(15)23(26)20(29-19)13-16-8-4-2-5-9-16/h2-14,22H,1H3/b20-13-. The monoisotopic (exact) mass is 404 g/mol. The van der Waals surface area contributed by atoms with E-state index in [9.17, 15) is 9.59 Å². The Labute approximate surface area is 173 Å². The van der Waals surface area contributed by atoms with Gasteiger partial charge in [0.2, 0.25) is 5.78 Å². The van der Waals surface area contributed by atoms with E-state index < -0.39 is 11.3 Å². The quantitative estimate of drug-likeness (QED) is 0.249. The van der Waals surface area contributed by atoms with Crippen LogP contribution in [0.4, 0.5) is 0 Å². The van der Waals surface area contributed by atoms with Crippen molar-refractivity contribution in [3.63, 3.8) is 0 Å². The average Bonchev–Trinajstić information content (AvgIpc) is 3.04. The van der Waals surface area contributed by atoms with Crippen molar-refractivity contribution in [1.82, 2.24) is 0 Å². The molecule has 1 aliphatic rings. The summed E-state index contributed by atoms with van der Waals surface area (Å²) in [5, 5.41) is -0.930. The van der Waals surface area contributed by atoms with Gasteiger partial charge in [-0.15, -0.1) is 11.6 Å². The minimum atomic E-state index is -0.930. The van der Waals surface area contributed by atoms with Gasteiger partial charge in [-0.25, -0.2) is 4.79 Å². The molecule has 0 bridgehead atoms. The molecule has 0 aliphatic carbocycles. The van der Waals surface area contributed by atoms with Gasteiger partial charge in [0.05, 0.1) is 5.56 Å². The summed E-state index contributed by atoms with van der Waals surface area (Å²) in [6.07, 6.45) is 1.69. The first-order valence-corrected chi connectivity index (χ1v) is 9.51. The van der Waals surface area contributed by atoms with Crippen molar-refractivity contribution in [2.24, 2.45) is 0 Å². The summed E-state index contributed by atoms with van der Waals surface area (Å²) in [6.45, 7) is 1.78. The highest BCUT2D eigenvalue weighted by molar-refractivity contribution is 6.30. The van der Waals surface area contributed by atoms with Crippen molar-refractivity contribution in [2.45, 2.75) is 12.3 Å². The number of aryl methyl sites for hydroxylation is 1. The molecule has 0 saturated carbocycles. The number of carbonyl (C=O) groups excluding carboxylic acids is 2. The van der Waals surface area contributed by atoms with E-state index in [1.54, 1.807) is 49.4 Å². The minimum absolute atomic E-state index is 0.196. The van der Waals surface area contributed by atoms with Gasteiger partial charge in [0, 0.05) is 6.07 Å². The molecule has 0 amide bonds. The Morgan fingerprint density at radius 1 is 1.03 bits per heavy atom. The van der Waals surface area contributed by atoms with Gasteiger partial charge < -0.3 is 9.47 Å². The number of carbonyl (C=O) groups is 2. The van der Waals surface area contributed by atoms with Crippen molar-refractivity contribution in [2.75, 3.05) is 0 Å². The Kier molecular flexibility index (Phi) is 5.19. The van der Waals surface area contributed by atoms with Gasteiger partial charge in [0.1, 0.15) is 11.5 Å². The molecule has 0 radical (unpaired) electrons. The molecule has 0 saturated heterocycles. The number of halogens is 1. The molecule has 1 aliphatic heterocycles. The Bertz CT molecular complexity index is 1100. The molecule has 0 N–H and O–H groups in total. The molecule has 4 rings (SSSR count). The second-order valence-electron chi connectivity index (χ2n) is 6.66. The molecule has 0 spiro atoms. The first-order chi connectivity index (χ1) is 14.0. The van der Waals surface area contributed by atoms with Crippen LogP contribution in [0.25, 0.3) is 6.08 Å². The highest BCUT2D eigenvalue weighted by Crippen LogP contribution is 2.38. The van der Waals surface area contributed by atoms with Crippen LogP contribution in [0.5, 0.6) is 11.5 Å². The van der Waals surface area contributed by atoms with Gasteiger partial charge >= 0.3 is 5.97 Å². The summed E-state index contributed by atoms with van der Waals surface area (Å²) in [4.78, 5) is 25.1. The molecule has 1 unspecified atom stereocenters. The number of fused-ring (bicyclic) bond motifs is 1. The van der Waals surface area contributed by atoms with Crippen molar-refractivity contribution in [3.8, 4) is 11.5 Å². The molecule has 1 heterocycles. The van der Waals surface area contributed by atoms with Crippen molar-refractivity contribution < 1.29 is 19.1 Å². The third kappa shape index (κ3) is 3.93. The lowest BCUT2D eigenvalue weighted by atomic mass is 10.0. The number of rotatable bonds is 4. The van der Waals surface area contributed by atoms with Crippen LogP contribution < -0.4 is 9.47 Å². The predicted octanol–water partition coefficient (Wildman–Crippen LogP) is 5.50. The number of ether oxygens (including phenoxy) is 2. The fourth-order valence-corrected chi connectivity index (χ4v) is 3.35. The number of hydrogen-bond acceptors (Lipinski definition) is 4. The van der Waals surface area contributed by atoms with Crippen LogP contribution in [0, 0.1) is 6.92 Å². The van der Waals surface area contributed by atoms with Crippen LogP contribution in [-0.2, 0) is 4.79 Å². The van der Waals surface area contributed by atoms with E-state index in [1.807, 2.05) is 36.4 Å². The summed E-state index contributed by atoms with van der Waals surface area (Å²) in [7, 11) is 0. The normalized spacial score (nSPS) is 15.0. The Morgan fingerprint density at radius 2 is 1.69 bits per heavy atom. The summed E-state index contributed by atoms with van der Waals surface area (Å²) in [6, 6.07) is 21.6. The van der Waals surface area contributed by atoms with E-state index in [0.29, 0.717) is 22.4 Å². The van der Waals surface area contributed by atoms with Crippen molar-refractivity contribution in [1.29, 1.82) is 0 Å². The summed E-state index contributed by atoms with van der Waals surface area (Å²) >= 11 is 6.23. The SMILES string of the molecule is Cc1cc(OC(=O)C(Cl)c2ccccc2)cc2c1C(=O)/C(=C/c1ccccc1)O2. The fourth-order valence-electron chi connectivity index (χ4n) is 3.16. The van der Waals surface area contributed by atoms with E-state index in [4.69, 9.17) is 21.1 Å². The Morgan fingerprint density at radius 3 is 2.38 bits per heavy atom. The maximum atomic E-state index is 12.7. The minimum Gasteiger partial charge on any atom is -0.452 e. The van der Waals surface area contributed by atoms with Gasteiger partial charge in [-0.3, -0.25) is 4.79 Å². The van der Waals surface area contributed by atoms with E-state index in [1.165, 1.54) is 0 Å². The Balaban J connectivity index is 1.57. The molecular formula is C24H17ClO4. The van der Waals surface area contributed by atoms with Gasteiger partial charge in [-0.2, -0.15) is 0 Å². The molecule has 1 atom stereocenters. The molecule has 0 fully saturated rings. The lowest BCUT2D eigenvalue weighted by Gasteiger charge is -2.11. The zero-order chi connectivity index (χ0) is 20.4. The summed E-state index contributed by atoms with van der Waals surface area (Å²) in [5.41, 5.74) is 2.65. The third-order valence-electron chi connectivity index (χ3n) is 4.56. The number of allylic oxidation sites excluding steroid dienone is 1. The molecular weight excluding hydrogens is 388 g/mol. The number of hydrogen-bond donors (Lipinski definition) is 0. The van der Waals surface area contributed by atoms with Crippen LogP contribution in [0.15, 0.2) is 78.6 Å². The smallest absolute Gasteiger partial charge is 0.334 e. The topological polar surface area (TPSA) is 52.6 Å². The predicted molar refractivity (Wildman–Crippen MR) is 111 cm³/mol. The summed E-state index contributed by atoms with van der Waals surface area (Å²) < 4.78 is 11.2. The van der Waals surface area contributed by atoms with Gasteiger partial charge in [0.25, 0.3) is 0 Å². The highest BCUT2D eigenvalue weighted by atomic mass is 35.5. The molecule has 4 nitrogen and oxygen atoms in total. The maximum absolute atomic E-state index is 12.7. The van der Waals surface area contributed by atoms with Crippen LogP contribution in [-0.4, -0.2) is 11.8 Å². The van der Waals surface area contributed by atoms with Crippen LogP contribution in [0.1, 0.15) is 32.4 Å². The van der Waals surface area contributed by atoms with Crippen LogP contribution >= 0.6 is 11.6 Å².